The van der Waals surface area contributed by atoms with E-state index in [-0.39, 0.29) is 0 Å². The Hall–Kier alpha value is -0.830. The van der Waals surface area contributed by atoms with Crippen LogP contribution in [0.5, 0.6) is 0 Å². The topological polar surface area (TPSA) is 27.1 Å². The summed E-state index contributed by atoms with van der Waals surface area (Å²) in [6.45, 7) is 5.94. The van der Waals surface area contributed by atoms with Gasteiger partial charge in [0.15, 0.2) is 0 Å². The third-order valence-corrected chi connectivity index (χ3v) is 2.82. The molecule has 1 aromatic heterocycles. The van der Waals surface area contributed by atoms with Crippen LogP contribution in [-0.2, 0) is 4.74 Å². The molecule has 2 heterocycles. The standard InChI is InChI=1S/C10H16N2O/c1-8-9(2)12(7-11-8)10-4-3-5-13-6-10/h7,10H,3-6H2,1-2H3. The normalized spacial score (nSPS) is 23.4. The number of nitrogens with zero attached hydrogens (tertiary/aromatic N) is 2. The minimum Gasteiger partial charge on any atom is -0.379 e. The summed E-state index contributed by atoms with van der Waals surface area (Å²) in [4.78, 5) is 4.30. The fourth-order valence-electron chi connectivity index (χ4n) is 1.83. The molecule has 0 bridgehead atoms. The van der Waals surface area contributed by atoms with Crippen molar-refractivity contribution in [3.63, 3.8) is 0 Å². The summed E-state index contributed by atoms with van der Waals surface area (Å²) < 4.78 is 7.70. The molecule has 0 spiro atoms. The summed E-state index contributed by atoms with van der Waals surface area (Å²) >= 11 is 0. The lowest BCUT2D eigenvalue weighted by Crippen LogP contribution is -2.21. The molecular weight excluding hydrogens is 164 g/mol. The van der Waals surface area contributed by atoms with E-state index in [9.17, 15) is 0 Å². The first-order valence-electron chi connectivity index (χ1n) is 4.87. The minimum absolute atomic E-state index is 0.509. The Labute approximate surface area is 78.7 Å². The zero-order chi connectivity index (χ0) is 9.26. The second kappa shape index (κ2) is 3.50. The SMILES string of the molecule is Cc1ncn(C2CCCOC2)c1C. The molecule has 1 unspecified atom stereocenters. The van der Waals surface area contributed by atoms with Crippen molar-refractivity contribution in [3.05, 3.63) is 17.7 Å². The molecule has 1 saturated heterocycles. The number of hydrogen-bond donors (Lipinski definition) is 0. The van der Waals surface area contributed by atoms with Gasteiger partial charge in [-0.1, -0.05) is 0 Å². The summed E-state index contributed by atoms with van der Waals surface area (Å²) in [6.07, 6.45) is 4.32. The van der Waals surface area contributed by atoms with Gasteiger partial charge in [-0.15, -0.1) is 0 Å². The van der Waals surface area contributed by atoms with E-state index in [0.717, 1.165) is 18.9 Å². The van der Waals surface area contributed by atoms with Gasteiger partial charge in [0, 0.05) is 12.3 Å². The molecule has 1 aliphatic heterocycles. The predicted octanol–water partition coefficient (Wildman–Crippen LogP) is 1.85. The predicted molar refractivity (Wildman–Crippen MR) is 50.8 cm³/mol. The van der Waals surface area contributed by atoms with E-state index in [4.69, 9.17) is 4.74 Å². The first kappa shape index (κ1) is 8.75. The van der Waals surface area contributed by atoms with Crippen molar-refractivity contribution < 1.29 is 4.74 Å². The summed E-state index contributed by atoms with van der Waals surface area (Å²) in [6, 6.07) is 0.509. The highest BCUT2D eigenvalue weighted by Crippen LogP contribution is 2.21. The molecule has 1 aromatic rings. The van der Waals surface area contributed by atoms with Crippen LogP contribution in [0.2, 0.25) is 0 Å². The van der Waals surface area contributed by atoms with Crippen molar-refractivity contribution in [3.8, 4) is 0 Å². The lowest BCUT2D eigenvalue weighted by Gasteiger charge is -2.24. The molecule has 0 saturated carbocycles. The van der Waals surface area contributed by atoms with E-state index in [0.29, 0.717) is 6.04 Å². The zero-order valence-corrected chi connectivity index (χ0v) is 8.29. The molecule has 13 heavy (non-hydrogen) atoms. The molecule has 0 aliphatic carbocycles. The number of aryl methyl sites for hydroxylation is 1. The van der Waals surface area contributed by atoms with Crippen molar-refractivity contribution in [1.82, 2.24) is 9.55 Å². The van der Waals surface area contributed by atoms with E-state index in [1.54, 1.807) is 0 Å². The van der Waals surface area contributed by atoms with Gasteiger partial charge >= 0.3 is 0 Å². The van der Waals surface area contributed by atoms with Gasteiger partial charge in [-0.3, -0.25) is 0 Å². The number of imidazole rings is 1. The fourth-order valence-corrected chi connectivity index (χ4v) is 1.83. The van der Waals surface area contributed by atoms with Crippen LogP contribution in [0.3, 0.4) is 0 Å². The lowest BCUT2D eigenvalue weighted by molar-refractivity contribution is 0.0585. The molecule has 1 fully saturated rings. The summed E-state index contributed by atoms with van der Waals surface area (Å²) in [5, 5.41) is 0. The first-order chi connectivity index (χ1) is 6.29. The van der Waals surface area contributed by atoms with Crippen LogP contribution in [0.4, 0.5) is 0 Å². The minimum atomic E-state index is 0.509. The third-order valence-electron chi connectivity index (χ3n) is 2.82. The Balaban J connectivity index is 2.18. The van der Waals surface area contributed by atoms with E-state index < -0.39 is 0 Å². The van der Waals surface area contributed by atoms with E-state index in [1.165, 1.54) is 18.5 Å². The molecule has 2 rings (SSSR count). The zero-order valence-electron chi connectivity index (χ0n) is 8.29. The molecule has 0 N–H and O–H groups in total. The number of aromatic nitrogens is 2. The Morgan fingerprint density at radius 3 is 2.92 bits per heavy atom. The van der Waals surface area contributed by atoms with Gasteiger partial charge < -0.3 is 9.30 Å². The highest BCUT2D eigenvalue weighted by atomic mass is 16.5. The van der Waals surface area contributed by atoms with Crippen molar-refractivity contribution in [2.24, 2.45) is 0 Å². The summed E-state index contributed by atoms with van der Waals surface area (Å²) in [7, 11) is 0. The van der Waals surface area contributed by atoms with Gasteiger partial charge in [0.1, 0.15) is 0 Å². The van der Waals surface area contributed by atoms with Crippen LogP contribution in [0.15, 0.2) is 6.33 Å². The van der Waals surface area contributed by atoms with Crippen molar-refractivity contribution in [1.29, 1.82) is 0 Å². The average molecular weight is 180 g/mol. The molecule has 0 radical (unpaired) electrons. The van der Waals surface area contributed by atoms with Crippen molar-refractivity contribution >= 4 is 0 Å². The third kappa shape index (κ3) is 1.61. The van der Waals surface area contributed by atoms with Crippen LogP contribution in [0, 0.1) is 13.8 Å². The summed E-state index contributed by atoms with van der Waals surface area (Å²) in [5.41, 5.74) is 2.40. The molecule has 0 aromatic carbocycles. The van der Waals surface area contributed by atoms with Crippen molar-refractivity contribution in [2.45, 2.75) is 32.7 Å². The van der Waals surface area contributed by atoms with E-state index in [1.807, 2.05) is 6.33 Å². The Morgan fingerprint density at radius 2 is 2.38 bits per heavy atom. The van der Waals surface area contributed by atoms with Crippen LogP contribution >= 0.6 is 0 Å². The second-order valence-electron chi connectivity index (χ2n) is 3.69. The maximum atomic E-state index is 5.45. The molecule has 1 atom stereocenters. The number of rotatable bonds is 1. The highest BCUT2D eigenvalue weighted by Gasteiger charge is 2.17. The van der Waals surface area contributed by atoms with E-state index in [2.05, 4.69) is 23.4 Å². The quantitative estimate of drug-likeness (QED) is 0.659. The van der Waals surface area contributed by atoms with Crippen LogP contribution in [-0.4, -0.2) is 22.8 Å². The smallest absolute Gasteiger partial charge is 0.0954 e. The van der Waals surface area contributed by atoms with Crippen LogP contribution in [0.25, 0.3) is 0 Å². The maximum absolute atomic E-state index is 5.45. The highest BCUT2D eigenvalue weighted by molar-refractivity contribution is 5.09. The molecule has 0 amide bonds. The van der Waals surface area contributed by atoms with Crippen molar-refractivity contribution in [2.75, 3.05) is 13.2 Å². The number of ether oxygens (including phenoxy) is 1. The van der Waals surface area contributed by atoms with Crippen LogP contribution < -0.4 is 0 Å². The fraction of sp³-hybridized carbons (Fsp3) is 0.700. The van der Waals surface area contributed by atoms with Gasteiger partial charge in [-0.2, -0.15) is 0 Å². The molecule has 3 heteroatoms. The van der Waals surface area contributed by atoms with Crippen LogP contribution in [0.1, 0.15) is 30.3 Å². The second-order valence-corrected chi connectivity index (χ2v) is 3.69. The van der Waals surface area contributed by atoms with Gasteiger partial charge in [0.25, 0.3) is 0 Å². The Bertz CT molecular complexity index is 287. The molecule has 3 nitrogen and oxygen atoms in total. The average Bonchev–Trinajstić information content (AvgIpc) is 2.49. The monoisotopic (exact) mass is 180 g/mol. The van der Waals surface area contributed by atoms with Gasteiger partial charge in [-0.25, -0.2) is 4.98 Å². The molecular formula is C10H16N2O. The Morgan fingerprint density at radius 1 is 1.54 bits per heavy atom. The summed E-state index contributed by atoms with van der Waals surface area (Å²) in [5.74, 6) is 0. The van der Waals surface area contributed by atoms with E-state index >= 15 is 0 Å². The van der Waals surface area contributed by atoms with Gasteiger partial charge in [0.05, 0.1) is 24.7 Å². The largest absolute Gasteiger partial charge is 0.379 e. The van der Waals surface area contributed by atoms with Gasteiger partial charge in [-0.05, 0) is 26.7 Å². The first-order valence-corrected chi connectivity index (χ1v) is 4.87. The molecule has 1 aliphatic rings. The lowest BCUT2D eigenvalue weighted by atomic mass is 10.1. The van der Waals surface area contributed by atoms with Gasteiger partial charge in [0.2, 0.25) is 0 Å². The molecule has 72 valence electrons. The number of hydrogen-bond acceptors (Lipinski definition) is 2. The Kier molecular flexibility index (Phi) is 2.36. The maximum Gasteiger partial charge on any atom is 0.0954 e.